The second-order valence-corrected chi connectivity index (χ2v) is 6.86. The summed E-state index contributed by atoms with van der Waals surface area (Å²) in [5.41, 5.74) is 1.16. The molecule has 0 aliphatic heterocycles. The predicted molar refractivity (Wildman–Crippen MR) is 103 cm³/mol. The van der Waals surface area contributed by atoms with Crippen LogP contribution in [0.4, 0.5) is 18.9 Å². The van der Waals surface area contributed by atoms with Gasteiger partial charge in [-0.1, -0.05) is 30.3 Å². The van der Waals surface area contributed by atoms with E-state index in [0.29, 0.717) is 17.3 Å². The van der Waals surface area contributed by atoms with Crippen LogP contribution in [0, 0.1) is 0 Å². The summed E-state index contributed by atoms with van der Waals surface area (Å²) in [7, 11) is 0. The SMILES string of the molecule is FC(F)(F)c1ccc(NC(=S)NCCCSCc2ccccc2)cc1. The number of halogens is 3. The van der Waals surface area contributed by atoms with E-state index in [-0.39, 0.29) is 0 Å². The first-order chi connectivity index (χ1) is 11.9. The number of thiocarbonyl (C=S) groups is 1. The number of hydrogen-bond acceptors (Lipinski definition) is 2. The number of anilines is 1. The van der Waals surface area contributed by atoms with Crippen molar-refractivity contribution in [3.8, 4) is 0 Å². The van der Waals surface area contributed by atoms with E-state index >= 15 is 0 Å². The summed E-state index contributed by atoms with van der Waals surface area (Å²) < 4.78 is 37.5. The van der Waals surface area contributed by atoms with Gasteiger partial charge in [0.25, 0.3) is 0 Å². The highest BCUT2D eigenvalue weighted by Crippen LogP contribution is 2.29. The third-order valence-corrected chi connectivity index (χ3v) is 4.69. The molecule has 0 radical (unpaired) electrons. The quantitative estimate of drug-likeness (QED) is 0.499. The van der Waals surface area contributed by atoms with Gasteiger partial charge in [0.15, 0.2) is 5.11 Å². The molecule has 0 atom stereocenters. The van der Waals surface area contributed by atoms with Crippen molar-refractivity contribution >= 4 is 34.8 Å². The van der Waals surface area contributed by atoms with Gasteiger partial charge in [0.2, 0.25) is 0 Å². The van der Waals surface area contributed by atoms with Crippen molar-refractivity contribution in [1.29, 1.82) is 0 Å². The number of benzene rings is 2. The molecule has 2 N–H and O–H groups in total. The highest BCUT2D eigenvalue weighted by Gasteiger charge is 2.29. The molecule has 0 unspecified atom stereocenters. The van der Waals surface area contributed by atoms with E-state index < -0.39 is 11.7 Å². The molecule has 2 aromatic carbocycles. The number of alkyl halides is 3. The molecule has 25 heavy (non-hydrogen) atoms. The second-order valence-electron chi connectivity index (χ2n) is 5.35. The molecule has 2 rings (SSSR count). The van der Waals surface area contributed by atoms with Crippen molar-refractivity contribution in [1.82, 2.24) is 5.32 Å². The van der Waals surface area contributed by atoms with Crippen LogP contribution in [-0.2, 0) is 11.9 Å². The molecule has 0 aliphatic carbocycles. The Morgan fingerprint density at radius 1 is 1.00 bits per heavy atom. The van der Waals surface area contributed by atoms with Crippen molar-refractivity contribution in [3.63, 3.8) is 0 Å². The van der Waals surface area contributed by atoms with E-state index in [0.717, 1.165) is 30.1 Å². The zero-order chi connectivity index (χ0) is 18.1. The molecule has 2 aromatic rings. The lowest BCUT2D eigenvalue weighted by Gasteiger charge is -2.12. The van der Waals surface area contributed by atoms with Crippen molar-refractivity contribution in [2.24, 2.45) is 0 Å². The van der Waals surface area contributed by atoms with Crippen LogP contribution in [0.3, 0.4) is 0 Å². The van der Waals surface area contributed by atoms with E-state index in [9.17, 15) is 13.2 Å². The van der Waals surface area contributed by atoms with E-state index in [1.165, 1.54) is 17.7 Å². The van der Waals surface area contributed by atoms with Gasteiger partial charge < -0.3 is 10.6 Å². The first-order valence-corrected chi connectivity index (χ1v) is 9.35. The molecular weight excluding hydrogens is 365 g/mol. The molecule has 0 saturated heterocycles. The first-order valence-electron chi connectivity index (χ1n) is 7.79. The lowest BCUT2D eigenvalue weighted by molar-refractivity contribution is -0.137. The lowest BCUT2D eigenvalue weighted by atomic mass is 10.2. The minimum Gasteiger partial charge on any atom is -0.362 e. The smallest absolute Gasteiger partial charge is 0.362 e. The molecule has 0 bridgehead atoms. The minimum absolute atomic E-state index is 0.410. The largest absolute Gasteiger partial charge is 0.416 e. The summed E-state index contributed by atoms with van der Waals surface area (Å²) in [6, 6.07) is 15.1. The molecule has 2 nitrogen and oxygen atoms in total. The Hall–Kier alpha value is -1.73. The average molecular weight is 384 g/mol. The lowest BCUT2D eigenvalue weighted by Crippen LogP contribution is -2.29. The Kier molecular flexibility index (Phi) is 7.58. The molecule has 0 amide bonds. The van der Waals surface area contributed by atoms with Gasteiger partial charge in [-0.25, -0.2) is 0 Å². The Balaban J connectivity index is 1.61. The molecule has 0 saturated carbocycles. The van der Waals surface area contributed by atoms with Crippen molar-refractivity contribution < 1.29 is 13.2 Å². The zero-order valence-corrected chi connectivity index (χ0v) is 15.1. The number of hydrogen-bond donors (Lipinski definition) is 2. The Morgan fingerprint density at radius 3 is 2.32 bits per heavy atom. The molecule has 134 valence electrons. The summed E-state index contributed by atoms with van der Waals surface area (Å²) in [4.78, 5) is 0. The fraction of sp³-hybridized carbons (Fsp3) is 0.278. The molecule has 7 heteroatoms. The summed E-state index contributed by atoms with van der Waals surface area (Å²) in [6.45, 7) is 0.717. The van der Waals surface area contributed by atoms with E-state index in [1.807, 2.05) is 30.0 Å². The number of thioether (sulfide) groups is 1. The maximum atomic E-state index is 12.5. The molecule has 0 aliphatic rings. The van der Waals surface area contributed by atoms with Crippen LogP contribution in [0.5, 0.6) is 0 Å². The van der Waals surface area contributed by atoms with E-state index in [1.54, 1.807) is 0 Å². The molecular formula is C18H19F3N2S2. The zero-order valence-electron chi connectivity index (χ0n) is 13.5. The maximum Gasteiger partial charge on any atom is 0.416 e. The van der Waals surface area contributed by atoms with E-state index in [2.05, 4.69) is 22.8 Å². The van der Waals surface area contributed by atoms with Crippen LogP contribution in [0.1, 0.15) is 17.5 Å². The van der Waals surface area contributed by atoms with Gasteiger partial charge in [0.1, 0.15) is 0 Å². The third-order valence-electron chi connectivity index (χ3n) is 3.33. The van der Waals surface area contributed by atoms with Crippen LogP contribution < -0.4 is 10.6 Å². The van der Waals surface area contributed by atoms with Crippen LogP contribution in [0.15, 0.2) is 54.6 Å². The van der Waals surface area contributed by atoms with E-state index in [4.69, 9.17) is 12.2 Å². The van der Waals surface area contributed by atoms with Gasteiger partial charge in [-0.2, -0.15) is 24.9 Å². The second kappa shape index (κ2) is 9.68. The number of nitrogens with one attached hydrogen (secondary N) is 2. The van der Waals surface area contributed by atoms with Crippen LogP contribution in [-0.4, -0.2) is 17.4 Å². The van der Waals surface area contributed by atoms with Gasteiger partial charge >= 0.3 is 6.18 Å². The average Bonchev–Trinajstić information content (AvgIpc) is 2.58. The summed E-state index contributed by atoms with van der Waals surface area (Å²) in [5, 5.41) is 6.35. The molecule has 0 spiro atoms. The fourth-order valence-corrected chi connectivity index (χ4v) is 3.20. The van der Waals surface area contributed by atoms with Gasteiger partial charge in [0.05, 0.1) is 5.56 Å². The Morgan fingerprint density at radius 2 is 1.68 bits per heavy atom. The van der Waals surface area contributed by atoms with Gasteiger partial charge in [-0.3, -0.25) is 0 Å². The van der Waals surface area contributed by atoms with Gasteiger partial charge in [0, 0.05) is 18.0 Å². The van der Waals surface area contributed by atoms with Gasteiger partial charge in [-0.05, 0) is 54.2 Å². The topological polar surface area (TPSA) is 24.1 Å². The van der Waals surface area contributed by atoms with Crippen molar-refractivity contribution in [2.75, 3.05) is 17.6 Å². The summed E-state index contributed by atoms with van der Waals surface area (Å²) >= 11 is 7.00. The highest BCUT2D eigenvalue weighted by molar-refractivity contribution is 7.98. The standard InChI is InChI=1S/C18H19F3N2S2/c19-18(20,21)15-7-9-16(10-8-15)23-17(24)22-11-4-12-25-13-14-5-2-1-3-6-14/h1-3,5-10H,4,11-13H2,(H2,22,23,24). The molecule has 0 heterocycles. The molecule has 0 aromatic heterocycles. The monoisotopic (exact) mass is 384 g/mol. The van der Waals surface area contributed by atoms with Crippen LogP contribution >= 0.6 is 24.0 Å². The Bertz CT molecular complexity index is 658. The highest BCUT2D eigenvalue weighted by atomic mass is 32.2. The first kappa shape index (κ1) is 19.6. The van der Waals surface area contributed by atoms with Crippen LogP contribution in [0.2, 0.25) is 0 Å². The van der Waals surface area contributed by atoms with Crippen molar-refractivity contribution in [2.45, 2.75) is 18.3 Å². The number of rotatable bonds is 7. The van der Waals surface area contributed by atoms with Gasteiger partial charge in [-0.15, -0.1) is 0 Å². The predicted octanol–water partition coefficient (Wildman–Crippen LogP) is 5.32. The third kappa shape index (κ3) is 7.36. The molecule has 0 fully saturated rings. The normalized spacial score (nSPS) is 11.2. The summed E-state index contributed by atoms with van der Waals surface area (Å²) in [6.07, 6.45) is -3.37. The van der Waals surface area contributed by atoms with Crippen molar-refractivity contribution in [3.05, 3.63) is 65.7 Å². The summed E-state index contributed by atoms with van der Waals surface area (Å²) in [5.74, 6) is 1.99. The van der Waals surface area contributed by atoms with Crippen LogP contribution in [0.25, 0.3) is 0 Å². The maximum absolute atomic E-state index is 12.5. The Labute approximate surface area is 155 Å². The fourth-order valence-electron chi connectivity index (χ4n) is 2.06. The minimum atomic E-state index is -4.32.